The van der Waals surface area contributed by atoms with Crippen LogP contribution in [0.1, 0.15) is 45.6 Å². The van der Waals surface area contributed by atoms with Gasteiger partial charge in [0.05, 0.1) is 4.92 Å². The van der Waals surface area contributed by atoms with Crippen LogP contribution in [0.2, 0.25) is 0 Å². The van der Waals surface area contributed by atoms with Crippen molar-refractivity contribution in [3.05, 3.63) is 33.9 Å². The van der Waals surface area contributed by atoms with Gasteiger partial charge in [-0.3, -0.25) is 15.0 Å². The molecular weight excluding hydrogens is 266 g/mol. The second kappa shape index (κ2) is 9.34. The molecule has 1 N–H and O–H groups in total. The monoisotopic (exact) mass is 293 g/mol. The fraction of sp³-hybridized carbons (Fsp3) is 0.625. The quantitative estimate of drug-likeness (QED) is 0.522. The summed E-state index contributed by atoms with van der Waals surface area (Å²) in [7, 11) is 0. The first-order valence-electron chi connectivity index (χ1n) is 7.85. The number of anilines is 1. The van der Waals surface area contributed by atoms with Crippen molar-refractivity contribution < 1.29 is 4.92 Å². The Morgan fingerprint density at radius 2 is 2.00 bits per heavy atom. The van der Waals surface area contributed by atoms with Gasteiger partial charge in [-0.1, -0.05) is 33.3 Å². The first-order valence-corrected chi connectivity index (χ1v) is 7.85. The van der Waals surface area contributed by atoms with Crippen LogP contribution in [-0.4, -0.2) is 29.5 Å². The van der Waals surface area contributed by atoms with Gasteiger partial charge in [0.15, 0.2) is 0 Å². The molecule has 1 rings (SSSR count). The second-order valence-corrected chi connectivity index (χ2v) is 5.26. The Bertz CT molecular complexity index is 449. The van der Waals surface area contributed by atoms with Gasteiger partial charge in [0.2, 0.25) is 0 Å². The third kappa shape index (κ3) is 5.71. The molecule has 0 radical (unpaired) electrons. The molecule has 0 bridgehead atoms. The van der Waals surface area contributed by atoms with Crippen molar-refractivity contribution in [3.63, 3.8) is 0 Å². The van der Waals surface area contributed by atoms with Crippen LogP contribution in [0, 0.1) is 10.1 Å². The summed E-state index contributed by atoms with van der Waals surface area (Å²) in [5, 5.41) is 14.3. The zero-order valence-corrected chi connectivity index (χ0v) is 13.4. The number of unbranched alkanes of at least 4 members (excludes halogenated alkanes) is 1. The summed E-state index contributed by atoms with van der Waals surface area (Å²) in [6.07, 6.45) is 3.27. The minimum Gasteiger partial charge on any atom is -0.380 e. The molecule has 0 aromatic heterocycles. The van der Waals surface area contributed by atoms with Gasteiger partial charge in [-0.05, 0) is 37.6 Å². The van der Waals surface area contributed by atoms with Crippen molar-refractivity contribution in [1.29, 1.82) is 0 Å². The SMILES string of the molecule is CCCCN(CC)Cc1ccc(NCCC)c([N+](=O)[O-])c1. The number of nitrogens with zero attached hydrogens (tertiary/aromatic N) is 2. The third-order valence-corrected chi connectivity index (χ3v) is 3.51. The number of benzene rings is 1. The lowest BCUT2D eigenvalue weighted by Gasteiger charge is -2.20. The molecule has 5 nitrogen and oxygen atoms in total. The standard InChI is InChI=1S/C16H27N3O2/c1-4-7-11-18(6-3)13-14-8-9-15(17-10-5-2)16(12-14)19(20)21/h8-9,12,17H,4-7,10-11,13H2,1-3H3. The highest BCUT2D eigenvalue weighted by atomic mass is 16.6. The van der Waals surface area contributed by atoms with Crippen LogP contribution in [0.4, 0.5) is 11.4 Å². The van der Waals surface area contributed by atoms with Crippen molar-refractivity contribution >= 4 is 11.4 Å². The van der Waals surface area contributed by atoms with E-state index in [0.717, 1.165) is 51.0 Å². The van der Waals surface area contributed by atoms with E-state index in [1.165, 1.54) is 0 Å². The van der Waals surface area contributed by atoms with Gasteiger partial charge < -0.3 is 5.32 Å². The Hall–Kier alpha value is -1.62. The predicted molar refractivity (Wildman–Crippen MR) is 87.7 cm³/mol. The Morgan fingerprint density at radius 1 is 1.24 bits per heavy atom. The highest BCUT2D eigenvalue weighted by molar-refractivity contribution is 5.62. The largest absolute Gasteiger partial charge is 0.380 e. The summed E-state index contributed by atoms with van der Waals surface area (Å²) < 4.78 is 0. The lowest BCUT2D eigenvalue weighted by Crippen LogP contribution is -2.24. The smallest absolute Gasteiger partial charge is 0.292 e. The lowest BCUT2D eigenvalue weighted by atomic mass is 10.1. The van der Waals surface area contributed by atoms with Gasteiger partial charge in [-0.2, -0.15) is 0 Å². The number of hydrogen-bond acceptors (Lipinski definition) is 4. The maximum absolute atomic E-state index is 11.2. The van der Waals surface area contributed by atoms with Crippen LogP contribution in [0.5, 0.6) is 0 Å². The minimum atomic E-state index is -0.302. The van der Waals surface area contributed by atoms with Crippen LogP contribution in [0.25, 0.3) is 0 Å². The fourth-order valence-electron chi connectivity index (χ4n) is 2.22. The van der Waals surface area contributed by atoms with E-state index < -0.39 is 0 Å². The molecule has 0 aliphatic rings. The summed E-state index contributed by atoms with van der Waals surface area (Å²) in [6.45, 7) is 9.86. The molecule has 21 heavy (non-hydrogen) atoms. The first-order chi connectivity index (χ1) is 10.1. The number of rotatable bonds is 10. The number of nitro benzene ring substituents is 1. The number of hydrogen-bond donors (Lipinski definition) is 1. The van der Waals surface area contributed by atoms with E-state index in [1.54, 1.807) is 6.07 Å². The maximum atomic E-state index is 11.2. The first kappa shape index (κ1) is 17.4. The van der Waals surface area contributed by atoms with E-state index in [4.69, 9.17) is 0 Å². The van der Waals surface area contributed by atoms with E-state index in [1.807, 2.05) is 19.1 Å². The molecule has 118 valence electrons. The van der Waals surface area contributed by atoms with Crippen LogP contribution < -0.4 is 5.32 Å². The lowest BCUT2D eigenvalue weighted by molar-refractivity contribution is -0.384. The van der Waals surface area contributed by atoms with Gasteiger partial charge in [-0.15, -0.1) is 0 Å². The minimum absolute atomic E-state index is 0.174. The van der Waals surface area contributed by atoms with E-state index in [2.05, 4.69) is 24.1 Å². The van der Waals surface area contributed by atoms with E-state index >= 15 is 0 Å². The highest BCUT2D eigenvalue weighted by Gasteiger charge is 2.15. The summed E-state index contributed by atoms with van der Waals surface area (Å²) >= 11 is 0. The molecule has 0 heterocycles. The van der Waals surface area contributed by atoms with Crippen molar-refractivity contribution in [2.45, 2.75) is 46.6 Å². The van der Waals surface area contributed by atoms with Crippen molar-refractivity contribution in [1.82, 2.24) is 4.90 Å². The molecule has 0 unspecified atom stereocenters. The van der Waals surface area contributed by atoms with E-state index in [0.29, 0.717) is 5.69 Å². The molecule has 0 spiro atoms. The van der Waals surface area contributed by atoms with Crippen molar-refractivity contribution in [3.8, 4) is 0 Å². The van der Waals surface area contributed by atoms with Gasteiger partial charge in [0.1, 0.15) is 5.69 Å². The van der Waals surface area contributed by atoms with Gasteiger partial charge >= 0.3 is 0 Å². The zero-order valence-electron chi connectivity index (χ0n) is 13.4. The molecule has 0 saturated heterocycles. The summed E-state index contributed by atoms with van der Waals surface area (Å²) in [4.78, 5) is 13.2. The molecule has 5 heteroatoms. The summed E-state index contributed by atoms with van der Waals surface area (Å²) in [5.41, 5.74) is 1.79. The molecule has 0 atom stereocenters. The topological polar surface area (TPSA) is 58.4 Å². The molecular formula is C16H27N3O2. The highest BCUT2D eigenvalue weighted by Crippen LogP contribution is 2.26. The third-order valence-electron chi connectivity index (χ3n) is 3.51. The van der Waals surface area contributed by atoms with Gasteiger partial charge in [-0.25, -0.2) is 0 Å². The molecule has 1 aromatic rings. The van der Waals surface area contributed by atoms with Crippen molar-refractivity contribution in [2.24, 2.45) is 0 Å². The average molecular weight is 293 g/mol. The molecule has 0 fully saturated rings. The normalized spacial score (nSPS) is 10.9. The predicted octanol–water partition coefficient (Wildman–Crippen LogP) is 4.04. The summed E-state index contributed by atoms with van der Waals surface area (Å²) in [6, 6.07) is 5.52. The van der Waals surface area contributed by atoms with Gasteiger partial charge in [0.25, 0.3) is 5.69 Å². The Kier molecular flexibility index (Phi) is 7.75. The second-order valence-electron chi connectivity index (χ2n) is 5.26. The Morgan fingerprint density at radius 3 is 2.57 bits per heavy atom. The molecule has 0 aliphatic carbocycles. The maximum Gasteiger partial charge on any atom is 0.292 e. The van der Waals surface area contributed by atoms with Crippen LogP contribution in [-0.2, 0) is 6.54 Å². The Balaban J connectivity index is 2.83. The van der Waals surface area contributed by atoms with E-state index in [-0.39, 0.29) is 10.6 Å². The van der Waals surface area contributed by atoms with Crippen molar-refractivity contribution in [2.75, 3.05) is 25.0 Å². The van der Waals surface area contributed by atoms with Crippen LogP contribution in [0.3, 0.4) is 0 Å². The number of nitro groups is 1. The fourth-order valence-corrected chi connectivity index (χ4v) is 2.22. The zero-order chi connectivity index (χ0) is 15.7. The Labute approximate surface area is 127 Å². The molecule has 0 saturated carbocycles. The molecule has 0 amide bonds. The average Bonchev–Trinajstić information content (AvgIpc) is 2.49. The van der Waals surface area contributed by atoms with E-state index in [9.17, 15) is 10.1 Å². The summed E-state index contributed by atoms with van der Waals surface area (Å²) in [5.74, 6) is 0. The van der Waals surface area contributed by atoms with Gasteiger partial charge in [0, 0.05) is 19.2 Å². The molecule has 1 aromatic carbocycles. The molecule has 0 aliphatic heterocycles. The van der Waals surface area contributed by atoms with Crippen LogP contribution >= 0.6 is 0 Å². The van der Waals surface area contributed by atoms with Crippen LogP contribution in [0.15, 0.2) is 18.2 Å². The number of nitrogens with one attached hydrogen (secondary N) is 1.